The molecule has 2 atom stereocenters. The van der Waals surface area contributed by atoms with Crippen LogP contribution >= 0.6 is 0 Å². The maximum atomic E-state index is 6.29. The van der Waals surface area contributed by atoms with Crippen molar-refractivity contribution in [3.63, 3.8) is 0 Å². The molecule has 4 aromatic rings. The maximum absolute atomic E-state index is 6.29. The average Bonchev–Trinajstić information content (AvgIpc) is 3.47. The molecule has 34 heavy (non-hydrogen) atoms. The van der Waals surface area contributed by atoms with Gasteiger partial charge in [0.05, 0.1) is 23.4 Å². The molecule has 1 aliphatic rings. The van der Waals surface area contributed by atoms with Crippen LogP contribution in [0.15, 0.2) is 35.0 Å². The highest BCUT2D eigenvalue weighted by molar-refractivity contribution is 5.75. The maximum Gasteiger partial charge on any atom is 0.262 e. The van der Waals surface area contributed by atoms with Crippen molar-refractivity contribution in [3.8, 4) is 17.0 Å². The van der Waals surface area contributed by atoms with E-state index in [1.807, 2.05) is 55.7 Å². The van der Waals surface area contributed by atoms with E-state index < -0.39 is 0 Å². The van der Waals surface area contributed by atoms with Crippen molar-refractivity contribution in [2.24, 2.45) is 0 Å². The third-order valence-corrected chi connectivity index (χ3v) is 6.36. The topological polar surface area (TPSA) is 103 Å². The smallest absolute Gasteiger partial charge is 0.262 e. The number of nitrogens with zero attached hydrogens (tertiary/aromatic N) is 6. The molecule has 1 N–H and O–H groups in total. The highest BCUT2D eigenvalue weighted by Gasteiger charge is 2.32. The van der Waals surface area contributed by atoms with Crippen molar-refractivity contribution in [2.45, 2.75) is 39.3 Å². The lowest BCUT2D eigenvalue weighted by atomic mass is 10.1. The fraction of sp³-hybridized carbons (Fsp3) is 0.417. The molecule has 0 aromatic carbocycles. The van der Waals surface area contributed by atoms with E-state index in [1.54, 1.807) is 7.11 Å². The predicted octanol–water partition coefficient (Wildman–Crippen LogP) is 3.55. The summed E-state index contributed by atoms with van der Waals surface area (Å²) in [6.07, 6.45) is 2.83. The number of aromatic nitrogens is 5. The highest BCUT2D eigenvalue weighted by atomic mass is 16.5. The predicted molar refractivity (Wildman–Crippen MR) is 128 cm³/mol. The molecule has 0 aliphatic carbocycles. The Bertz CT molecular complexity index is 1320. The molecule has 0 radical (unpaired) electrons. The summed E-state index contributed by atoms with van der Waals surface area (Å²) < 4.78 is 19.0. The number of likely N-dealkylation sites (tertiary alicyclic amines) is 1. The second-order valence-corrected chi connectivity index (χ2v) is 8.88. The van der Waals surface area contributed by atoms with Gasteiger partial charge < -0.3 is 19.3 Å². The van der Waals surface area contributed by atoms with Gasteiger partial charge in [-0.3, -0.25) is 4.90 Å². The number of hydrogen-bond acceptors (Lipinski definition) is 9. The first-order valence-corrected chi connectivity index (χ1v) is 11.3. The fourth-order valence-electron chi connectivity index (χ4n) is 4.37. The number of hydrogen-bond donors (Lipinski definition) is 1. The van der Waals surface area contributed by atoms with Gasteiger partial charge >= 0.3 is 0 Å². The minimum absolute atomic E-state index is 0.0296. The molecule has 5 heterocycles. The van der Waals surface area contributed by atoms with E-state index >= 15 is 0 Å². The zero-order chi connectivity index (χ0) is 23.8. The number of likely N-dealkylation sites (N-methyl/N-ethyl adjacent to an activating group) is 1. The Labute approximate surface area is 197 Å². The van der Waals surface area contributed by atoms with E-state index in [9.17, 15) is 0 Å². The lowest BCUT2D eigenvalue weighted by Crippen LogP contribution is -2.29. The Hall–Kier alpha value is -3.50. The van der Waals surface area contributed by atoms with Gasteiger partial charge in [-0.2, -0.15) is 10.2 Å². The summed E-state index contributed by atoms with van der Waals surface area (Å²) >= 11 is 0. The minimum atomic E-state index is 0.0296. The van der Waals surface area contributed by atoms with E-state index in [4.69, 9.17) is 14.0 Å². The van der Waals surface area contributed by atoms with Crippen molar-refractivity contribution in [1.82, 2.24) is 29.9 Å². The van der Waals surface area contributed by atoms with Crippen LogP contribution in [-0.4, -0.2) is 69.3 Å². The zero-order valence-electron chi connectivity index (χ0n) is 20.1. The molecule has 178 valence electrons. The number of aryl methyl sites for hydroxylation is 3. The number of rotatable bonds is 7. The molecule has 10 heteroatoms. The van der Waals surface area contributed by atoms with Crippen LogP contribution in [0, 0.1) is 20.8 Å². The lowest BCUT2D eigenvalue weighted by Gasteiger charge is -2.16. The molecule has 0 spiro atoms. The van der Waals surface area contributed by atoms with Crippen molar-refractivity contribution in [1.29, 1.82) is 0 Å². The van der Waals surface area contributed by atoms with Gasteiger partial charge in [0, 0.05) is 38.4 Å². The summed E-state index contributed by atoms with van der Waals surface area (Å²) in [4.78, 5) is 2.26. The third-order valence-electron chi connectivity index (χ3n) is 6.36. The standard InChI is InChI=1S/C24H29N7O3/c1-14-8-21(27-26-15(14)2)25-22-11-18-9-17(6-7-31(18)28-22)23-16(3)34-29-24(23)33-20-10-19(13-32-5)30(4)12-20/h6-9,11,19-20H,10,12-13H2,1-5H3,(H,25,27,28)/t19-,20-/m0/s1. The van der Waals surface area contributed by atoms with Crippen LogP contribution in [0.4, 0.5) is 11.6 Å². The first kappa shape index (κ1) is 22.3. The van der Waals surface area contributed by atoms with Gasteiger partial charge in [0.25, 0.3) is 5.88 Å². The van der Waals surface area contributed by atoms with Crippen LogP contribution in [0.2, 0.25) is 0 Å². The molecule has 10 nitrogen and oxygen atoms in total. The van der Waals surface area contributed by atoms with E-state index in [1.165, 1.54) is 0 Å². The molecule has 4 aromatic heterocycles. The minimum Gasteiger partial charge on any atom is -0.470 e. The summed E-state index contributed by atoms with van der Waals surface area (Å²) in [6.45, 7) is 7.34. The highest BCUT2D eigenvalue weighted by Crippen LogP contribution is 2.35. The van der Waals surface area contributed by atoms with Gasteiger partial charge in [0.2, 0.25) is 0 Å². The van der Waals surface area contributed by atoms with E-state index in [-0.39, 0.29) is 6.10 Å². The number of methoxy groups -OCH3 is 1. The Morgan fingerprint density at radius 1 is 1.15 bits per heavy atom. The van der Waals surface area contributed by atoms with Gasteiger partial charge in [-0.15, -0.1) is 5.10 Å². The van der Waals surface area contributed by atoms with E-state index in [2.05, 4.69) is 37.7 Å². The van der Waals surface area contributed by atoms with Crippen molar-refractivity contribution in [2.75, 3.05) is 32.6 Å². The SMILES string of the molecule is COC[C@@H]1C[C@H](Oc2noc(C)c2-c2ccn3nc(Nc4cc(C)c(C)nn4)cc3c2)CN1C. The first-order chi connectivity index (χ1) is 16.4. The number of ether oxygens (including phenoxy) is 2. The van der Waals surface area contributed by atoms with Crippen LogP contribution in [0.25, 0.3) is 16.6 Å². The van der Waals surface area contributed by atoms with Crippen LogP contribution in [0.5, 0.6) is 5.88 Å². The summed E-state index contributed by atoms with van der Waals surface area (Å²) in [6, 6.07) is 8.29. The zero-order valence-corrected chi connectivity index (χ0v) is 20.1. The summed E-state index contributed by atoms with van der Waals surface area (Å²) in [5.41, 5.74) is 4.71. The second kappa shape index (κ2) is 9.03. The summed E-state index contributed by atoms with van der Waals surface area (Å²) in [5, 5.41) is 20.4. The van der Waals surface area contributed by atoms with Crippen molar-refractivity contribution < 1.29 is 14.0 Å². The summed E-state index contributed by atoms with van der Waals surface area (Å²) in [7, 11) is 3.81. The first-order valence-electron chi connectivity index (χ1n) is 11.3. The molecule has 1 saturated heterocycles. The molecular weight excluding hydrogens is 434 g/mol. The fourth-order valence-corrected chi connectivity index (χ4v) is 4.37. The van der Waals surface area contributed by atoms with E-state index in [0.717, 1.165) is 40.9 Å². The number of pyridine rings is 1. The van der Waals surface area contributed by atoms with Gasteiger partial charge in [-0.05, 0) is 62.3 Å². The Morgan fingerprint density at radius 2 is 2.00 bits per heavy atom. The second-order valence-electron chi connectivity index (χ2n) is 8.88. The number of anilines is 2. The molecule has 1 fully saturated rings. The van der Waals surface area contributed by atoms with Crippen molar-refractivity contribution in [3.05, 3.63) is 47.5 Å². The van der Waals surface area contributed by atoms with E-state index in [0.29, 0.717) is 35.9 Å². The molecule has 1 aliphatic heterocycles. The number of nitrogens with one attached hydrogen (secondary N) is 1. The molecule has 5 rings (SSSR count). The van der Waals surface area contributed by atoms with Gasteiger partial charge in [-0.1, -0.05) is 0 Å². The normalized spacial score (nSPS) is 18.6. The van der Waals surface area contributed by atoms with Gasteiger partial charge in [0.15, 0.2) is 11.6 Å². The average molecular weight is 464 g/mol. The summed E-state index contributed by atoms with van der Waals surface area (Å²) in [5.74, 6) is 2.57. The lowest BCUT2D eigenvalue weighted by molar-refractivity contribution is 0.129. The van der Waals surface area contributed by atoms with Crippen LogP contribution < -0.4 is 10.1 Å². The molecule has 0 bridgehead atoms. The Morgan fingerprint density at radius 3 is 2.79 bits per heavy atom. The van der Waals surface area contributed by atoms with Crippen molar-refractivity contribution >= 4 is 17.2 Å². The number of fused-ring (bicyclic) bond motifs is 1. The van der Waals surface area contributed by atoms with Crippen LogP contribution in [0.3, 0.4) is 0 Å². The van der Waals surface area contributed by atoms with Gasteiger partial charge in [-0.25, -0.2) is 4.52 Å². The molecule has 0 amide bonds. The van der Waals surface area contributed by atoms with Crippen LogP contribution in [0.1, 0.15) is 23.4 Å². The van der Waals surface area contributed by atoms with Crippen LogP contribution in [-0.2, 0) is 4.74 Å². The quantitative estimate of drug-likeness (QED) is 0.441. The molecule has 0 saturated carbocycles. The largest absolute Gasteiger partial charge is 0.470 e. The molecular formula is C24H29N7O3. The Balaban J connectivity index is 1.38. The third kappa shape index (κ3) is 4.34. The van der Waals surface area contributed by atoms with Gasteiger partial charge in [0.1, 0.15) is 11.9 Å². The molecule has 0 unspecified atom stereocenters. The monoisotopic (exact) mass is 463 g/mol. The Kier molecular flexibility index (Phi) is 5.93.